The number of piperazine rings is 1. The summed E-state index contributed by atoms with van der Waals surface area (Å²) in [6.45, 7) is 3.36. The van der Waals surface area contributed by atoms with E-state index in [1.54, 1.807) is 41.7 Å². The molecule has 1 aromatic carbocycles. The average molecular weight is 432 g/mol. The minimum Gasteiger partial charge on any atom is -0.336 e. The van der Waals surface area contributed by atoms with E-state index in [9.17, 15) is 4.79 Å². The number of H-pyrrole nitrogens is 1. The van der Waals surface area contributed by atoms with Crippen molar-refractivity contribution in [1.29, 1.82) is 0 Å². The quantitative estimate of drug-likeness (QED) is 0.644. The van der Waals surface area contributed by atoms with Crippen molar-refractivity contribution in [1.82, 2.24) is 30.0 Å². The number of carbonyl (C=O) groups excluding carboxylic acids is 1. The molecule has 1 aliphatic rings. The zero-order chi connectivity index (χ0) is 20.2. The van der Waals surface area contributed by atoms with Gasteiger partial charge >= 0.3 is 0 Å². The number of aromatic nitrogens is 4. The van der Waals surface area contributed by atoms with E-state index in [-0.39, 0.29) is 5.91 Å². The zero-order valence-electron chi connectivity index (χ0n) is 15.5. The summed E-state index contributed by atoms with van der Waals surface area (Å²) >= 11 is 12.2. The fourth-order valence-electron chi connectivity index (χ4n) is 3.18. The molecular weight excluding hydrogens is 413 g/mol. The van der Waals surface area contributed by atoms with Crippen LogP contribution in [-0.2, 0) is 6.54 Å². The number of halogens is 2. The molecule has 1 fully saturated rings. The molecular formula is C19H19Cl2N7O. The Hall–Kier alpha value is -2.68. The first-order valence-corrected chi connectivity index (χ1v) is 9.89. The Kier molecular flexibility index (Phi) is 5.94. The van der Waals surface area contributed by atoms with Crippen molar-refractivity contribution in [2.24, 2.45) is 0 Å². The predicted molar refractivity (Wildman–Crippen MR) is 112 cm³/mol. The number of carbonyl (C=O) groups is 1. The average Bonchev–Trinajstić information content (AvgIpc) is 3.23. The van der Waals surface area contributed by atoms with E-state index >= 15 is 0 Å². The van der Waals surface area contributed by atoms with E-state index in [4.69, 9.17) is 23.2 Å². The molecule has 3 aromatic rings. The zero-order valence-corrected chi connectivity index (χ0v) is 17.0. The smallest absolute Gasteiger partial charge is 0.255 e. The Morgan fingerprint density at radius 3 is 2.69 bits per heavy atom. The van der Waals surface area contributed by atoms with Crippen LogP contribution in [0.15, 0.2) is 42.9 Å². The maximum atomic E-state index is 12.8. The first kappa shape index (κ1) is 19.6. The van der Waals surface area contributed by atoms with E-state index in [1.807, 2.05) is 6.07 Å². The lowest BCUT2D eigenvalue weighted by molar-refractivity contribution is 0.0627. The number of hydrogen-bond acceptors (Lipinski definition) is 6. The van der Waals surface area contributed by atoms with Crippen molar-refractivity contribution in [3.8, 4) is 0 Å². The lowest BCUT2D eigenvalue weighted by Gasteiger charge is -2.34. The maximum absolute atomic E-state index is 12.8. The third-order valence-corrected chi connectivity index (χ3v) is 5.49. The number of nitrogens with one attached hydrogen (secondary N) is 2. The summed E-state index contributed by atoms with van der Waals surface area (Å²) in [4.78, 5) is 25.6. The molecule has 10 heteroatoms. The van der Waals surface area contributed by atoms with Crippen LogP contribution in [0.2, 0.25) is 10.0 Å². The highest BCUT2D eigenvalue weighted by molar-refractivity contribution is 6.43. The van der Waals surface area contributed by atoms with Gasteiger partial charge in [0, 0.05) is 51.2 Å². The summed E-state index contributed by atoms with van der Waals surface area (Å²) in [7, 11) is 0. The van der Waals surface area contributed by atoms with Crippen molar-refractivity contribution in [2.45, 2.75) is 6.54 Å². The first-order chi connectivity index (χ1) is 14.1. The fourth-order valence-corrected chi connectivity index (χ4v) is 3.56. The van der Waals surface area contributed by atoms with Gasteiger partial charge in [0.1, 0.15) is 5.82 Å². The van der Waals surface area contributed by atoms with Crippen molar-refractivity contribution < 1.29 is 4.79 Å². The molecule has 1 saturated heterocycles. The van der Waals surface area contributed by atoms with Gasteiger partial charge in [-0.15, -0.1) is 0 Å². The van der Waals surface area contributed by atoms with Crippen molar-refractivity contribution in [3.63, 3.8) is 0 Å². The molecule has 2 aromatic heterocycles. The Labute approximate surface area is 177 Å². The molecule has 3 heterocycles. The Morgan fingerprint density at radius 1 is 1.10 bits per heavy atom. The van der Waals surface area contributed by atoms with Crippen molar-refractivity contribution in [2.75, 3.05) is 31.5 Å². The molecule has 0 radical (unpaired) electrons. The van der Waals surface area contributed by atoms with Crippen LogP contribution in [0.25, 0.3) is 0 Å². The first-order valence-electron chi connectivity index (χ1n) is 9.13. The molecule has 0 saturated carbocycles. The van der Waals surface area contributed by atoms with Crippen molar-refractivity contribution >= 4 is 40.7 Å². The highest BCUT2D eigenvalue weighted by Gasteiger charge is 2.24. The SMILES string of the molecule is O=C(c1cccc(Cl)c1Cl)N1CCN(Cc2cncc(Nc3cc[nH]n3)n2)CC1. The minimum atomic E-state index is -0.0952. The van der Waals surface area contributed by atoms with Gasteiger partial charge in [-0.1, -0.05) is 29.3 Å². The summed E-state index contributed by atoms with van der Waals surface area (Å²) in [5, 5.41) is 10.6. The number of amides is 1. The van der Waals surface area contributed by atoms with Crippen LogP contribution in [0.3, 0.4) is 0 Å². The molecule has 1 amide bonds. The van der Waals surface area contributed by atoms with Gasteiger partial charge in [0.15, 0.2) is 5.82 Å². The molecule has 29 heavy (non-hydrogen) atoms. The number of anilines is 2. The summed E-state index contributed by atoms with van der Waals surface area (Å²) in [5.74, 6) is 1.23. The van der Waals surface area contributed by atoms with Crippen LogP contribution in [-0.4, -0.2) is 62.1 Å². The molecule has 0 unspecified atom stereocenters. The van der Waals surface area contributed by atoms with Crippen molar-refractivity contribution in [3.05, 3.63) is 64.2 Å². The molecule has 0 aliphatic carbocycles. The lowest BCUT2D eigenvalue weighted by atomic mass is 10.1. The Balaban J connectivity index is 1.34. The molecule has 150 valence electrons. The molecule has 8 nitrogen and oxygen atoms in total. The summed E-state index contributed by atoms with van der Waals surface area (Å²) in [5.41, 5.74) is 1.29. The van der Waals surface area contributed by atoms with Gasteiger partial charge in [0.2, 0.25) is 0 Å². The van der Waals surface area contributed by atoms with Crippen LogP contribution >= 0.6 is 23.2 Å². The predicted octanol–water partition coefficient (Wildman–Crippen LogP) is 3.21. The summed E-state index contributed by atoms with van der Waals surface area (Å²) in [6, 6.07) is 6.93. The van der Waals surface area contributed by atoms with Crippen LogP contribution < -0.4 is 5.32 Å². The third kappa shape index (κ3) is 4.67. The maximum Gasteiger partial charge on any atom is 0.255 e. The number of aromatic amines is 1. The molecule has 1 aliphatic heterocycles. The monoisotopic (exact) mass is 431 g/mol. The molecule has 0 spiro atoms. The van der Waals surface area contributed by atoms with E-state index in [2.05, 4.69) is 30.4 Å². The van der Waals surface area contributed by atoms with E-state index in [0.717, 1.165) is 18.8 Å². The van der Waals surface area contributed by atoms with Crippen LogP contribution in [0.5, 0.6) is 0 Å². The largest absolute Gasteiger partial charge is 0.336 e. The lowest BCUT2D eigenvalue weighted by Crippen LogP contribution is -2.48. The third-order valence-electron chi connectivity index (χ3n) is 4.67. The number of benzene rings is 1. The van der Waals surface area contributed by atoms with Gasteiger partial charge in [-0.3, -0.25) is 19.8 Å². The number of rotatable bonds is 5. The van der Waals surface area contributed by atoms with Crippen LogP contribution in [0, 0.1) is 0 Å². The van der Waals surface area contributed by atoms with E-state index in [0.29, 0.717) is 46.9 Å². The second-order valence-corrected chi connectivity index (χ2v) is 7.44. The number of nitrogens with zero attached hydrogens (tertiary/aromatic N) is 5. The highest BCUT2D eigenvalue weighted by atomic mass is 35.5. The van der Waals surface area contributed by atoms with Crippen LogP contribution in [0.4, 0.5) is 11.6 Å². The standard InChI is InChI=1S/C19H19Cl2N7O/c20-15-3-1-2-14(18(15)21)19(29)28-8-6-27(7-9-28)12-13-10-22-11-17(24-13)25-16-4-5-23-26-16/h1-5,10-11H,6-9,12H2,(H2,23,24,25,26). The van der Waals surface area contributed by atoms with Crippen LogP contribution in [0.1, 0.15) is 16.1 Å². The van der Waals surface area contributed by atoms with Gasteiger partial charge < -0.3 is 10.2 Å². The Bertz CT molecular complexity index is 988. The number of hydrogen-bond donors (Lipinski definition) is 2. The van der Waals surface area contributed by atoms with Gasteiger partial charge in [-0.2, -0.15) is 5.10 Å². The molecule has 0 atom stereocenters. The van der Waals surface area contributed by atoms with E-state index < -0.39 is 0 Å². The summed E-state index contributed by atoms with van der Waals surface area (Å²) in [6.07, 6.45) is 5.14. The highest BCUT2D eigenvalue weighted by Crippen LogP contribution is 2.27. The molecule has 0 bridgehead atoms. The van der Waals surface area contributed by atoms with Gasteiger partial charge in [-0.25, -0.2) is 4.98 Å². The van der Waals surface area contributed by atoms with Gasteiger partial charge in [0.05, 0.1) is 27.5 Å². The van der Waals surface area contributed by atoms with Gasteiger partial charge in [-0.05, 0) is 12.1 Å². The fraction of sp³-hybridized carbons (Fsp3) is 0.263. The molecule has 4 rings (SSSR count). The van der Waals surface area contributed by atoms with Gasteiger partial charge in [0.25, 0.3) is 5.91 Å². The van der Waals surface area contributed by atoms with E-state index in [1.165, 1.54) is 0 Å². The topological polar surface area (TPSA) is 90.0 Å². The minimum absolute atomic E-state index is 0.0952. The molecule has 2 N–H and O–H groups in total. The summed E-state index contributed by atoms with van der Waals surface area (Å²) < 4.78 is 0. The Morgan fingerprint density at radius 2 is 1.93 bits per heavy atom. The second kappa shape index (κ2) is 8.77. The second-order valence-electron chi connectivity index (χ2n) is 6.65. The normalized spacial score (nSPS) is 14.8.